The topological polar surface area (TPSA) is 46.3 Å². The van der Waals surface area contributed by atoms with Crippen LogP contribution in [0.2, 0.25) is 0 Å². The fourth-order valence-electron chi connectivity index (χ4n) is 2.38. The molecule has 2 N–H and O–H groups in total. The van der Waals surface area contributed by atoms with Gasteiger partial charge in [-0.15, -0.1) is 0 Å². The molecule has 1 aliphatic carbocycles. The first-order valence-corrected chi connectivity index (χ1v) is 7.27. The molecule has 1 fully saturated rings. The summed E-state index contributed by atoms with van der Waals surface area (Å²) in [4.78, 5) is 14.6. The van der Waals surface area contributed by atoms with Crippen LogP contribution < -0.4 is 5.73 Å². The van der Waals surface area contributed by atoms with Gasteiger partial charge in [0.05, 0.1) is 0 Å². The molecular weight excluding hydrogens is 236 g/mol. The van der Waals surface area contributed by atoms with Gasteiger partial charge in [0.15, 0.2) is 0 Å². The smallest absolute Gasteiger partial charge is 0.225 e. The summed E-state index contributed by atoms with van der Waals surface area (Å²) in [5.41, 5.74) is 6.74. The second-order valence-corrected chi connectivity index (χ2v) is 5.51. The highest BCUT2D eigenvalue weighted by Crippen LogP contribution is 2.30. The molecule has 0 radical (unpaired) electrons. The van der Waals surface area contributed by atoms with E-state index in [4.69, 9.17) is 5.73 Å². The Morgan fingerprint density at radius 2 is 2.05 bits per heavy atom. The first-order chi connectivity index (χ1) is 9.22. The van der Waals surface area contributed by atoms with Crippen LogP contribution in [0, 0.1) is 5.92 Å². The van der Waals surface area contributed by atoms with Gasteiger partial charge in [0.25, 0.3) is 0 Å². The number of hydrogen-bond acceptors (Lipinski definition) is 2. The average Bonchev–Trinajstić information content (AvgIpc) is 3.27. The summed E-state index contributed by atoms with van der Waals surface area (Å²) in [6, 6.07) is 10.7. The van der Waals surface area contributed by atoms with Crippen molar-refractivity contribution < 1.29 is 4.79 Å². The quantitative estimate of drug-likeness (QED) is 0.819. The minimum Gasteiger partial charge on any atom is -0.335 e. The Bertz CT molecular complexity index is 400. The molecule has 1 aromatic carbocycles. The highest BCUT2D eigenvalue weighted by molar-refractivity contribution is 5.79. The van der Waals surface area contributed by atoms with Crippen LogP contribution in [-0.2, 0) is 11.3 Å². The van der Waals surface area contributed by atoms with Gasteiger partial charge in [-0.05, 0) is 37.8 Å². The van der Waals surface area contributed by atoms with Crippen LogP contribution in [0.1, 0.15) is 38.2 Å². The van der Waals surface area contributed by atoms with Crippen molar-refractivity contribution in [1.82, 2.24) is 4.90 Å². The van der Waals surface area contributed by atoms with Crippen LogP contribution >= 0.6 is 0 Å². The lowest BCUT2D eigenvalue weighted by Crippen LogP contribution is -2.36. The minimum absolute atomic E-state index is 0.0906. The second-order valence-electron chi connectivity index (χ2n) is 5.51. The summed E-state index contributed by atoms with van der Waals surface area (Å²) < 4.78 is 0. The number of carbonyl (C=O) groups excluding carboxylic acids is 1. The fraction of sp³-hybridized carbons (Fsp3) is 0.562. The first-order valence-electron chi connectivity index (χ1n) is 7.27. The normalized spacial score (nSPS) is 16.1. The van der Waals surface area contributed by atoms with Crippen molar-refractivity contribution in [3.8, 4) is 0 Å². The first kappa shape index (κ1) is 14.1. The van der Waals surface area contributed by atoms with E-state index >= 15 is 0 Å². The lowest BCUT2D eigenvalue weighted by molar-refractivity contribution is -0.136. The molecule has 1 saturated carbocycles. The zero-order valence-corrected chi connectivity index (χ0v) is 11.7. The Balaban J connectivity index is 1.97. The standard InChI is InChI=1S/C16H24N2O/c1-13(6-5-11-17)16(19)18(15-9-10-15)12-14-7-3-2-4-8-14/h2-4,7-8,13,15H,5-6,9-12,17H2,1H3. The van der Waals surface area contributed by atoms with Crippen molar-refractivity contribution in [2.24, 2.45) is 11.7 Å². The maximum atomic E-state index is 12.5. The summed E-state index contributed by atoms with van der Waals surface area (Å²) in [5, 5.41) is 0. The van der Waals surface area contributed by atoms with E-state index in [0.717, 1.165) is 32.2 Å². The van der Waals surface area contributed by atoms with Crippen molar-refractivity contribution in [2.45, 2.75) is 45.2 Å². The molecule has 2 rings (SSSR count). The molecule has 104 valence electrons. The van der Waals surface area contributed by atoms with Gasteiger partial charge in [0.2, 0.25) is 5.91 Å². The molecule has 0 aliphatic heterocycles. The molecular formula is C16H24N2O. The van der Waals surface area contributed by atoms with Gasteiger partial charge in [-0.2, -0.15) is 0 Å². The van der Waals surface area contributed by atoms with Crippen LogP contribution in [0.25, 0.3) is 0 Å². The predicted octanol–water partition coefficient (Wildman–Crippen LogP) is 2.55. The van der Waals surface area contributed by atoms with E-state index < -0.39 is 0 Å². The van der Waals surface area contributed by atoms with E-state index in [0.29, 0.717) is 18.5 Å². The number of nitrogens with zero attached hydrogens (tertiary/aromatic N) is 1. The summed E-state index contributed by atoms with van der Waals surface area (Å²) in [5.74, 6) is 0.382. The largest absolute Gasteiger partial charge is 0.335 e. The van der Waals surface area contributed by atoms with E-state index in [-0.39, 0.29) is 5.92 Å². The number of rotatable bonds is 7. The zero-order chi connectivity index (χ0) is 13.7. The lowest BCUT2D eigenvalue weighted by Gasteiger charge is -2.26. The summed E-state index contributed by atoms with van der Waals surface area (Å²) >= 11 is 0. The maximum absolute atomic E-state index is 12.5. The van der Waals surface area contributed by atoms with Gasteiger partial charge in [-0.25, -0.2) is 0 Å². The Morgan fingerprint density at radius 1 is 1.37 bits per heavy atom. The van der Waals surface area contributed by atoms with E-state index in [1.807, 2.05) is 25.1 Å². The number of carbonyl (C=O) groups is 1. The van der Waals surface area contributed by atoms with Gasteiger partial charge < -0.3 is 10.6 Å². The van der Waals surface area contributed by atoms with Crippen LogP contribution in [0.5, 0.6) is 0 Å². The molecule has 1 aromatic rings. The summed E-state index contributed by atoms with van der Waals surface area (Å²) in [6.07, 6.45) is 4.13. The SMILES string of the molecule is CC(CCCN)C(=O)N(Cc1ccccc1)C1CC1. The summed E-state index contributed by atoms with van der Waals surface area (Å²) in [6.45, 7) is 3.44. The third kappa shape index (κ3) is 4.06. The van der Waals surface area contributed by atoms with Gasteiger partial charge in [-0.1, -0.05) is 37.3 Å². The molecule has 0 aromatic heterocycles. The molecule has 0 bridgehead atoms. The van der Waals surface area contributed by atoms with Crippen molar-refractivity contribution in [3.63, 3.8) is 0 Å². The van der Waals surface area contributed by atoms with Gasteiger partial charge >= 0.3 is 0 Å². The predicted molar refractivity (Wildman–Crippen MR) is 77.5 cm³/mol. The zero-order valence-electron chi connectivity index (χ0n) is 11.7. The highest BCUT2D eigenvalue weighted by atomic mass is 16.2. The second kappa shape index (κ2) is 6.71. The molecule has 3 heteroatoms. The Kier molecular flexibility index (Phi) is 4.97. The van der Waals surface area contributed by atoms with Crippen molar-refractivity contribution >= 4 is 5.91 Å². The van der Waals surface area contributed by atoms with Crippen LogP contribution in [0.4, 0.5) is 0 Å². The Hall–Kier alpha value is -1.35. The van der Waals surface area contributed by atoms with E-state index in [1.54, 1.807) is 0 Å². The van der Waals surface area contributed by atoms with Crippen LogP contribution in [0.15, 0.2) is 30.3 Å². The lowest BCUT2D eigenvalue weighted by atomic mass is 10.0. The van der Waals surface area contributed by atoms with Crippen molar-refractivity contribution in [1.29, 1.82) is 0 Å². The maximum Gasteiger partial charge on any atom is 0.225 e. The average molecular weight is 260 g/mol. The molecule has 1 amide bonds. The van der Waals surface area contributed by atoms with Gasteiger partial charge in [-0.3, -0.25) is 4.79 Å². The molecule has 0 heterocycles. The van der Waals surface area contributed by atoms with Crippen LogP contribution in [0.3, 0.4) is 0 Å². The third-order valence-electron chi connectivity index (χ3n) is 3.73. The van der Waals surface area contributed by atoms with E-state index in [2.05, 4.69) is 17.0 Å². The molecule has 1 atom stereocenters. The van der Waals surface area contributed by atoms with Crippen molar-refractivity contribution in [3.05, 3.63) is 35.9 Å². The molecule has 0 saturated heterocycles. The fourth-order valence-corrected chi connectivity index (χ4v) is 2.38. The Morgan fingerprint density at radius 3 is 2.63 bits per heavy atom. The number of nitrogens with two attached hydrogens (primary N) is 1. The minimum atomic E-state index is 0.0906. The molecule has 1 unspecified atom stereocenters. The number of benzene rings is 1. The van der Waals surface area contributed by atoms with E-state index in [9.17, 15) is 4.79 Å². The monoisotopic (exact) mass is 260 g/mol. The molecule has 3 nitrogen and oxygen atoms in total. The summed E-state index contributed by atoms with van der Waals surface area (Å²) in [7, 11) is 0. The molecule has 0 spiro atoms. The molecule has 19 heavy (non-hydrogen) atoms. The van der Waals surface area contributed by atoms with E-state index in [1.165, 1.54) is 5.56 Å². The van der Waals surface area contributed by atoms with Crippen molar-refractivity contribution in [2.75, 3.05) is 6.54 Å². The third-order valence-corrected chi connectivity index (χ3v) is 3.73. The number of hydrogen-bond donors (Lipinski definition) is 1. The number of amides is 1. The molecule has 1 aliphatic rings. The highest BCUT2D eigenvalue weighted by Gasteiger charge is 2.34. The van der Waals surface area contributed by atoms with Gasteiger partial charge in [0, 0.05) is 18.5 Å². The Labute approximate surface area is 115 Å². The van der Waals surface area contributed by atoms with Gasteiger partial charge in [0.1, 0.15) is 0 Å². The van der Waals surface area contributed by atoms with Crippen LogP contribution in [-0.4, -0.2) is 23.4 Å².